The molecule has 0 saturated heterocycles. The Morgan fingerprint density at radius 1 is 1.03 bits per heavy atom. The second-order valence-corrected chi connectivity index (χ2v) is 7.72. The van der Waals surface area contributed by atoms with Crippen LogP contribution in [0.3, 0.4) is 0 Å². The van der Waals surface area contributed by atoms with Gasteiger partial charge in [-0.05, 0) is 30.7 Å². The van der Waals surface area contributed by atoms with E-state index in [1.807, 2.05) is 11.4 Å². The van der Waals surface area contributed by atoms with E-state index >= 15 is 0 Å². The van der Waals surface area contributed by atoms with E-state index in [-0.39, 0.29) is 17.0 Å². The van der Waals surface area contributed by atoms with Gasteiger partial charge < -0.3 is 10.1 Å². The van der Waals surface area contributed by atoms with E-state index in [4.69, 9.17) is 4.74 Å². The zero-order chi connectivity index (χ0) is 21.4. The fraction of sp³-hybridized carbons (Fsp3) is 0.211. The number of ether oxygens (including phenoxy) is 1. The molecule has 0 heterocycles. The number of sulfonamides is 1. The van der Waals surface area contributed by atoms with Crippen molar-refractivity contribution < 1.29 is 27.5 Å². The Labute approximate surface area is 168 Å². The fourth-order valence-electron chi connectivity index (χ4n) is 2.21. The summed E-state index contributed by atoms with van der Waals surface area (Å²) in [4.78, 5) is 35.0. The molecule has 0 radical (unpaired) electrons. The lowest BCUT2D eigenvalue weighted by Crippen LogP contribution is -2.43. The number of esters is 1. The third kappa shape index (κ3) is 6.40. The molecule has 0 aliphatic rings. The Bertz CT molecular complexity index is 992. The third-order valence-electron chi connectivity index (χ3n) is 3.81. The minimum Gasteiger partial charge on any atom is -0.449 e. The first-order valence-electron chi connectivity index (χ1n) is 8.60. The molecule has 0 aliphatic heterocycles. The molecule has 29 heavy (non-hydrogen) atoms. The number of hydrogen-bond donors (Lipinski definition) is 3. The molecule has 2 rings (SSSR count). The lowest BCUT2D eigenvalue weighted by Gasteiger charge is -2.13. The smallest absolute Gasteiger partial charge is 0.338 e. The van der Waals surface area contributed by atoms with E-state index in [1.165, 1.54) is 32.2 Å². The van der Waals surface area contributed by atoms with Crippen molar-refractivity contribution >= 4 is 27.9 Å². The van der Waals surface area contributed by atoms with Crippen LogP contribution in [-0.2, 0) is 26.1 Å². The van der Waals surface area contributed by atoms with E-state index in [1.54, 1.807) is 24.3 Å². The molecule has 9 nitrogen and oxygen atoms in total. The van der Waals surface area contributed by atoms with Crippen molar-refractivity contribution in [3.8, 4) is 0 Å². The number of benzene rings is 2. The Hall–Kier alpha value is -3.24. The number of nitrogens with one attached hydrogen (secondary N) is 3. The number of carbonyl (C=O) groups is 3. The molecule has 2 aromatic carbocycles. The molecule has 0 aromatic heterocycles. The zero-order valence-corrected chi connectivity index (χ0v) is 16.7. The van der Waals surface area contributed by atoms with Gasteiger partial charge in [0, 0.05) is 13.6 Å². The summed E-state index contributed by atoms with van der Waals surface area (Å²) in [5.41, 5.74) is 0.731. The minimum atomic E-state index is -3.87. The van der Waals surface area contributed by atoms with Gasteiger partial charge >= 0.3 is 12.0 Å². The van der Waals surface area contributed by atoms with Crippen molar-refractivity contribution in [1.29, 1.82) is 0 Å². The maximum absolute atomic E-state index is 12.5. The standard InChI is InChI=1S/C19H21N3O6S/c1-13(17(23)22-19(25)20-2)28-18(24)15-9-6-10-16(11-15)29(26,27)21-12-14-7-4-3-5-8-14/h3-11,13,21H,12H2,1-2H3,(H2,20,22,23,25)/t13-/m0/s1. The number of hydrogen-bond acceptors (Lipinski definition) is 6. The highest BCUT2D eigenvalue weighted by atomic mass is 32.2. The Balaban J connectivity index is 2.06. The second-order valence-electron chi connectivity index (χ2n) is 5.95. The Morgan fingerprint density at radius 3 is 2.38 bits per heavy atom. The fourth-order valence-corrected chi connectivity index (χ4v) is 3.27. The molecule has 154 valence electrons. The molecule has 0 aliphatic carbocycles. The predicted molar refractivity (Wildman–Crippen MR) is 104 cm³/mol. The maximum atomic E-state index is 12.5. The van der Waals surface area contributed by atoms with Crippen LogP contribution in [0.4, 0.5) is 4.79 Å². The molecule has 0 saturated carbocycles. The average molecular weight is 419 g/mol. The van der Waals surface area contributed by atoms with E-state index < -0.39 is 34.0 Å². The third-order valence-corrected chi connectivity index (χ3v) is 5.20. The first-order valence-corrected chi connectivity index (χ1v) is 10.1. The predicted octanol–water partition coefficient (Wildman–Crippen LogP) is 1.17. The lowest BCUT2D eigenvalue weighted by atomic mass is 10.2. The summed E-state index contributed by atoms with van der Waals surface area (Å²) in [6.07, 6.45) is -1.25. The van der Waals surface area contributed by atoms with E-state index in [0.29, 0.717) is 0 Å². The highest BCUT2D eigenvalue weighted by molar-refractivity contribution is 7.89. The van der Waals surface area contributed by atoms with Gasteiger partial charge in [0.1, 0.15) is 0 Å². The molecular weight excluding hydrogens is 398 g/mol. The second kappa shape index (κ2) is 9.80. The van der Waals surface area contributed by atoms with Crippen LogP contribution in [-0.4, -0.2) is 39.5 Å². The summed E-state index contributed by atoms with van der Waals surface area (Å²) in [5.74, 6) is -1.71. The quantitative estimate of drug-likeness (QED) is 0.578. The summed E-state index contributed by atoms with van der Waals surface area (Å²) < 4.78 is 32.4. The zero-order valence-electron chi connectivity index (χ0n) is 15.8. The monoisotopic (exact) mass is 419 g/mol. The van der Waals surface area contributed by atoms with Crippen LogP contribution in [0.15, 0.2) is 59.5 Å². The van der Waals surface area contributed by atoms with Gasteiger partial charge in [-0.1, -0.05) is 36.4 Å². The molecule has 3 N–H and O–H groups in total. The van der Waals surface area contributed by atoms with Gasteiger partial charge in [-0.3, -0.25) is 10.1 Å². The van der Waals surface area contributed by atoms with Crippen molar-refractivity contribution in [2.24, 2.45) is 0 Å². The van der Waals surface area contributed by atoms with Gasteiger partial charge in [0.05, 0.1) is 10.5 Å². The highest BCUT2D eigenvalue weighted by Crippen LogP contribution is 2.14. The minimum absolute atomic E-state index is 0.0489. The molecule has 0 fully saturated rings. The SMILES string of the molecule is CNC(=O)NC(=O)[C@H](C)OC(=O)c1cccc(S(=O)(=O)NCc2ccccc2)c1. The van der Waals surface area contributed by atoms with Crippen molar-refractivity contribution in [2.45, 2.75) is 24.5 Å². The number of amides is 3. The Kier molecular flexibility index (Phi) is 7.46. The van der Waals surface area contributed by atoms with Crippen LogP contribution in [0.25, 0.3) is 0 Å². The number of carbonyl (C=O) groups excluding carboxylic acids is 3. The maximum Gasteiger partial charge on any atom is 0.338 e. The van der Waals surface area contributed by atoms with Crippen LogP contribution >= 0.6 is 0 Å². The van der Waals surface area contributed by atoms with Gasteiger partial charge in [-0.15, -0.1) is 0 Å². The van der Waals surface area contributed by atoms with Crippen LogP contribution in [0.2, 0.25) is 0 Å². The van der Waals surface area contributed by atoms with Crippen molar-refractivity contribution in [3.63, 3.8) is 0 Å². The Morgan fingerprint density at radius 2 is 1.72 bits per heavy atom. The number of imide groups is 1. The van der Waals surface area contributed by atoms with Crippen LogP contribution in [0.1, 0.15) is 22.8 Å². The molecule has 0 spiro atoms. The summed E-state index contributed by atoms with van der Waals surface area (Å²) >= 11 is 0. The summed E-state index contributed by atoms with van der Waals surface area (Å²) in [7, 11) is -2.54. The van der Waals surface area contributed by atoms with Gasteiger partial charge in [-0.25, -0.2) is 22.7 Å². The largest absolute Gasteiger partial charge is 0.449 e. The highest BCUT2D eigenvalue weighted by Gasteiger charge is 2.22. The first-order chi connectivity index (χ1) is 13.7. The van der Waals surface area contributed by atoms with Gasteiger partial charge in [0.15, 0.2) is 6.10 Å². The molecule has 10 heteroatoms. The summed E-state index contributed by atoms with van der Waals surface area (Å²) in [6.45, 7) is 1.38. The molecule has 0 unspecified atom stereocenters. The van der Waals surface area contributed by atoms with Gasteiger partial charge in [0.25, 0.3) is 5.91 Å². The molecule has 3 amide bonds. The molecule has 1 atom stereocenters. The van der Waals surface area contributed by atoms with Crippen molar-refractivity contribution in [1.82, 2.24) is 15.4 Å². The van der Waals surface area contributed by atoms with E-state index in [0.717, 1.165) is 11.6 Å². The van der Waals surface area contributed by atoms with Crippen LogP contribution in [0.5, 0.6) is 0 Å². The average Bonchev–Trinajstić information content (AvgIpc) is 2.73. The number of rotatable bonds is 7. The molecule has 2 aromatic rings. The first kappa shape index (κ1) is 22.1. The van der Waals surface area contributed by atoms with Crippen molar-refractivity contribution in [3.05, 3.63) is 65.7 Å². The summed E-state index contributed by atoms with van der Waals surface area (Å²) in [5, 5.41) is 4.18. The lowest BCUT2D eigenvalue weighted by molar-refractivity contribution is -0.127. The summed E-state index contributed by atoms with van der Waals surface area (Å²) in [6, 6.07) is 13.5. The van der Waals surface area contributed by atoms with Crippen LogP contribution in [0, 0.1) is 0 Å². The van der Waals surface area contributed by atoms with Crippen molar-refractivity contribution in [2.75, 3.05) is 7.05 Å². The molecule has 0 bridgehead atoms. The van der Waals surface area contributed by atoms with E-state index in [2.05, 4.69) is 10.0 Å². The topological polar surface area (TPSA) is 131 Å². The number of urea groups is 1. The molecular formula is C19H21N3O6S. The van der Waals surface area contributed by atoms with E-state index in [9.17, 15) is 22.8 Å². The van der Waals surface area contributed by atoms with Crippen LogP contribution < -0.4 is 15.4 Å². The van der Waals surface area contributed by atoms with Gasteiger partial charge in [-0.2, -0.15) is 0 Å². The van der Waals surface area contributed by atoms with Gasteiger partial charge in [0.2, 0.25) is 10.0 Å². The normalized spacial score (nSPS) is 11.9.